The minimum atomic E-state index is 0.0415. The lowest BCUT2D eigenvalue weighted by atomic mass is 10.0. The molecule has 1 aliphatic rings. The van der Waals surface area contributed by atoms with Crippen LogP contribution in [0.4, 0.5) is 5.69 Å². The summed E-state index contributed by atoms with van der Waals surface area (Å²) in [5.74, 6) is 0.0415. The highest BCUT2D eigenvalue weighted by Crippen LogP contribution is 2.29. The largest absolute Gasteiger partial charge is 0.507 e. The van der Waals surface area contributed by atoms with Gasteiger partial charge in [-0.1, -0.05) is 12.1 Å². The van der Waals surface area contributed by atoms with Crippen LogP contribution in [0.25, 0.3) is 10.8 Å². The lowest BCUT2D eigenvalue weighted by Gasteiger charge is -2.34. The summed E-state index contributed by atoms with van der Waals surface area (Å²) in [5.41, 5.74) is 1.54. The molecule has 0 radical (unpaired) electrons. The Morgan fingerprint density at radius 3 is 2.55 bits per heavy atom. The summed E-state index contributed by atoms with van der Waals surface area (Å²) in [6, 6.07) is 9.48. The topological polar surface area (TPSA) is 43.8 Å². The van der Waals surface area contributed by atoms with Crippen LogP contribution in [0.3, 0.4) is 0 Å². The maximum Gasteiger partial charge on any atom is 0.154 e. The molecule has 1 saturated heterocycles. The zero-order valence-corrected chi connectivity index (χ0v) is 11.5. The molecule has 0 aliphatic carbocycles. The van der Waals surface area contributed by atoms with E-state index >= 15 is 0 Å². The Hall–Kier alpha value is -2.07. The molecule has 4 nitrogen and oxygen atoms in total. The number of aromatic hydroxyl groups is 1. The van der Waals surface area contributed by atoms with Crippen molar-refractivity contribution in [3.63, 3.8) is 0 Å². The van der Waals surface area contributed by atoms with E-state index in [1.54, 1.807) is 6.07 Å². The summed E-state index contributed by atoms with van der Waals surface area (Å²) in [7, 11) is 2.14. The molecule has 0 spiro atoms. The maximum atomic E-state index is 11.1. The molecule has 2 aromatic rings. The van der Waals surface area contributed by atoms with Crippen molar-refractivity contribution < 1.29 is 9.90 Å². The fraction of sp³-hybridized carbons (Fsp3) is 0.312. The van der Waals surface area contributed by atoms with Gasteiger partial charge in [0.15, 0.2) is 6.29 Å². The van der Waals surface area contributed by atoms with Gasteiger partial charge in [0, 0.05) is 31.9 Å². The molecule has 3 rings (SSSR count). The third-order valence-electron chi connectivity index (χ3n) is 4.01. The predicted octanol–water partition coefficient (Wildman–Crippen LogP) is 2.11. The number of phenols is 1. The second kappa shape index (κ2) is 5.13. The molecule has 1 N–H and O–H groups in total. The van der Waals surface area contributed by atoms with Gasteiger partial charge in [-0.05, 0) is 36.0 Å². The van der Waals surface area contributed by atoms with Crippen LogP contribution in [0.1, 0.15) is 10.4 Å². The first kappa shape index (κ1) is 12.9. The fourth-order valence-corrected chi connectivity index (χ4v) is 2.71. The molecule has 0 bridgehead atoms. The molecular formula is C16H18N2O2. The van der Waals surface area contributed by atoms with E-state index in [-0.39, 0.29) is 5.75 Å². The van der Waals surface area contributed by atoms with Crippen molar-refractivity contribution in [2.75, 3.05) is 38.1 Å². The van der Waals surface area contributed by atoms with Crippen LogP contribution in [0.2, 0.25) is 0 Å². The van der Waals surface area contributed by atoms with E-state index in [2.05, 4.69) is 22.9 Å². The van der Waals surface area contributed by atoms with Crippen LogP contribution in [-0.4, -0.2) is 49.5 Å². The van der Waals surface area contributed by atoms with Crippen molar-refractivity contribution in [1.29, 1.82) is 0 Å². The van der Waals surface area contributed by atoms with Crippen LogP contribution in [0.15, 0.2) is 30.3 Å². The van der Waals surface area contributed by atoms with Crippen LogP contribution < -0.4 is 4.90 Å². The zero-order valence-electron chi connectivity index (χ0n) is 11.5. The first-order valence-corrected chi connectivity index (χ1v) is 6.83. The number of anilines is 1. The normalized spacial score (nSPS) is 16.6. The number of phenolic OH excluding ortho intramolecular Hbond substituents is 1. The van der Waals surface area contributed by atoms with Gasteiger partial charge in [0.2, 0.25) is 0 Å². The summed E-state index contributed by atoms with van der Waals surface area (Å²) in [6.45, 7) is 4.15. The second-order valence-electron chi connectivity index (χ2n) is 5.31. The highest BCUT2D eigenvalue weighted by molar-refractivity contribution is 6.01. The van der Waals surface area contributed by atoms with Gasteiger partial charge in [-0.2, -0.15) is 0 Å². The Bertz CT molecular complexity index is 646. The van der Waals surface area contributed by atoms with E-state index in [9.17, 15) is 9.90 Å². The van der Waals surface area contributed by atoms with Gasteiger partial charge in [-0.3, -0.25) is 4.79 Å². The van der Waals surface area contributed by atoms with Gasteiger partial charge in [0.05, 0.1) is 5.56 Å². The summed E-state index contributed by atoms with van der Waals surface area (Å²) in [5, 5.41) is 11.5. The Morgan fingerprint density at radius 1 is 1.10 bits per heavy atom. The lowest BCUT2D eigenvalue weighted by molar-refractivity contribution is 0.112. The van der Waals surface area contributed by atoms with Crippen molar-refractivity contribution in [3.05, 3.63) is 35.9 Å². The molecule has 2 aromatic carbocycles. The van der Waals surface area contributed by atoms with Crippen molar-refractivity contribution >= 4 is 22.7 Å². The average molecular weight is 270 g/mol. The molecule has 0 amide bonds. The van der Waals surface area contributed by atoms with Crippen LogP contribution in [-0.2, 0) is 0 Å². The number of carbonyl (C=O) groups excluding carboxylic acids is 1. The Balaban J connectivity index is 1.99. The van der Waals surface area contributed by atoms with E-state index in [1.807, 2.05) is 18.2 Å². The number of fused-ring (bicyclic) bond motifs is 1. The number of likely N-dealkylation sites (N-methyl/N-ethyl adjacent to an activating group) is 1. The molecule has 0 saturated carbocycles. The SMILES string of the molecule is CN1CCN(c2ccc3c(C=O)c(O)ccc3c2)CC1. The first-order valence-electron chi connectivity index (χ1n) is 6.83. The summed E-state index contributed by atoms with van der Waals surface area (Å²) in [4.78, 5) is 15.8. The Kier molecular flexibility index (Phi) is 3.32. The second-order valence-corrected chi connectivity index (χ2v) is 5.31. The van der Waals surface area contributed by atoms with Gasteiger partial charge in [0.25, 0.3) is 0 Å². The standard InChI is InChI=1S/C16H18N2O2/c1-17-6-8-18(9-7-17)13-3-4-14-12(10-13)2-5-16(20)15(14)11-19/h2-5,10-11,20H,6-9H2,1H3. The number of rotatable bonds is 2. The van der Waals surface area contributed by atoms with Gasteiger partial charge >= 0.3 is 0 Å². The van der Waals surface area contributed by atoms with E-state index < -0.39 is 0 Å². The van der Waals surface area contributed by atoms with E-state index in [0.717, 1.165) is 37.0 Å². The number of hydrogen-bond acceptors (Lipinski definition) is 4. The third kappa shape index (κ3) is 2.23. The lowest BCUT2D eigenvalue weighted by Crippen LogP contribution is -2.44. The Morgan fingerprint density at radius 2 is 1.85 bits per heavy atom. The Labute approximate surface area is 118 Å². The molecule has 104 valence electrons. The molecule has 20 heavy (non-hydrogen) atoms. The van der Waals surface area contributed by atoms with Crippen molar-refractivity contribution in [2.45, 2.75) is 0 Å². The number of aldehydes is 1. The number of nitrogens with zero attached hydrogens (tertiary/aromatic N) is 2. The molecule has 0 unspecified atom stereocenters. The summed E-state index contributed by atoms with van der Waals surface area (Å²) in [6.07, 6.45) is 0.715. The molecule has 0 atom stereocenters. The summed E-state index contributed by atoms with van der Waals surface area (Å²) >= 11 is 0. The predicted molar refractivity (Wildman–Crippen MR) is 80.7 cm³/mol. The van der Waals surface area contributed by atoms with Gasteiger partial charge < -0.3 is 14.9 Å². The van der Waals surface area contributed by atoms with Crippen LogP contribution in [0, 0.1) is 0 Å². The highest BCUT2D eigenvalue weighted by atomic mass is 16.3. The van der Waals surface area contributed by atoms with Crippen LogP contribution in [0.5, 0.6) is 5.75 Å². The quantitative estimate of drug-likeness (QED) is 0.849. The molecular weight excluding hydrogens is 252 g/mol. The smallest absolute Gasteiger partial charge is 0.154 e. The van der Waals surface area contributed by atoms with Gasteiger partial charge in [-0.15, -0.1) is 0 Å². The highest BCUT2D eigenvalue weighted by Gasteiger charge is 2.15. The number of carbonyl (C=O) groups is 1. The fourth-order valence-electron chi connectivity index (χ4n) is 2.71. The maximum absolute atomic E-state index is 11.1. The molecule has 1 heterocycles. The van der Waals surface area contributed by atoms with E-state index in [1.165, 1.54) is 5.69 Å². The number of piperazine rings is 1. The van der Waals surface area contributed by atoms with E-state index in [0.29, 0.717) is 11.8 Å². The first-order chi connectivity index (χ1) is 9.69. The third-order valence-corrected chi connectivity index (χ3v) is 4.01. The van der Waals surface area contributed by atoms with Crippen molar-refractivity contribution in [3.8, 4) is 5.75 Å². The van der Waals surface area contributed by atoms with Gasteiger partial charge in [-0.25, -0.2) is 0 Å². The average Bonchev–Trinajstić information content (AvgIpc) is 2.47. The zero-order chi connectivity index (χ0) is 14.1. The minimum Gasteiger partial charge on any atom is -0.507 e. The molecule has 1 fully saturated rings. The minimum absolute atomic E-state index is 0.0415. The van der Waals surface area contributed by atoms with Crippen molar-refractivity contribution in [2.24, 2.45) is 0 Å². The molecule has 0 aromatic heterocycles. The van der Waals surface area contributed by atoms with Crippen molar-refractivity contribution in [1.82, 2.24) is 4.90 Å². The number of hydrogen-bond donors (Lipinski definition) is 1. The molecule has 4 heteroatoms. The van der Waals surface area contributed by atoms with Gasteiger partial charge in [0.1, 0.15) is 5.75 Å². The van der Waals surface area contributed by atoms with Crippen LogP contribution >= 0.6 is 0 Å². The van der Waals surface area contributed by atoms with E-state index in [4.69, 9.17) is 0 Å². The molecule has 1 aliphatic heterocycles. The monoisotopic (exact) mass is 270 g/mol. The summed E-state index contributed by atoms with van der Waals surface area (Å²) < 4.78 is 0. The number of benzene rings is 2.